The lowest BCUT2D eigenvalue weighted by molar-refractivity contribution is 0.0696. The van der Waals surface area contributed by atoms with E-state index in [1.165, 1.54) is 36.2 Å². The largest absolute Gasteiger partial charge is 0.478 e. The number of carboxylic acids is 2. The zero-order valence-corrected chi connectivity index (χ0v) is 14.0. The predicted molar refractivity (Wildman–Crippen MR) is 91.7 cm³/mol. The number of aliphatic hydroxyl groups is 1. The van der Waals surface area contributed by atoms with Crippen molar-refractivity contribution in [3.63, 3.8) is 0 Å². The average Bonchev–Trinajstić information content (AvgIpc) is 2.49. The molecule has 128 valence electrons. The molecule has 0 heterocycles. The second-order valence-corrected chi connectivity index (χ2v) is 5.63. The minimum absolute atomic E-state index is 0.0277. The molecule has 2 aromatic rings. The first kappa shape index (κ1) is 19.4. The lowest BCUT2D eigenvalue weighted by atomic mass is 10.0. The number of benzene rings is 2. The fourth-order valence-corrected chi connectivity index (χ4v) is 2.16. The molecule has 0 saturated heterocycles. The molecule has 0 radical (unpaired) electrons. The van der Waals surface area contributed by atoms with Gasteiger partial charge in [-0.3, -0.25) is 0 Å². The van der Waals surface area contributed by atoms with Crippen molar-refractivity contribution in [1.29, 1.82) is 0 Å². The molecule has 1 atom stereocenters. The number of carbonyl (C=O) groups is 2. The highest BCUT2D eigenvalue weighted by Crippen LogP contribution is 2.13. The van der Waals surface area contributed by atoms with Crippen molar-refractivity contribution in [2.45, 2.75) is 33.3 Å². The van der Waals surface area contributed by atoms with Crippen LogP contribution in [0.15, 0.2) is 42.5 Å². The summed E-state index contributed by atoms with van der Waals surface area (Å²) in [5.41, 5.74) is 2.80. The van der Waals surface area contributed by atoms with E-state index in [2.05, 4.69) is 31.2 Å². The number of rotatable bonds is 4. The normalized spacial score (nSPS) is 11.2. The minimum Gasteiger partial charge on any atom is -0.478 e. The van der Waals surface area contributed by atoms with Gasteiger partial charge >= 0.3 is 11.9 Å². The Hall–Kier alpha value is -2.66. The van der Waals surface area contributed by atoms with Crippen molar-refractivity contribution in [3.8, 4) is 0 Å². The Morgan fingerprint density at radius 2 is 1.38 bits per heavy atom. The summed E-state index contributed by atoms with van der Waals surface area (Å²) in [5, 5.41) is 26.4. The van der Waals surface area contributed by atoms with Crippen LogP contribution in [0.3, 0.4) is 0 Å². The molecule has 24 heavy (non-hydrogen) atoms. The molecule has 0 aliphatic heterocycles. The summed E-state index contributed by atoms with van der Waals surface area (Å²) in [7, 11) is 0. The monoisotopic (exact) mass is 330 g/mol. The third kappa shape index (κ3) is 5.85. The Morgan fingerprint density at radius 3 is 1.75 bits per heavy atom. The smallest absolute Gasteiger partial charge is 0.335 e. The minimum atomic E-state index is -1.11. The molecule has 3 N–H and O–H groups in total. The summed E-state index contributed by atoms with van der Waals surface area (Å²) in [4.78, 5) is 21.2. The highest BCUT2D eigenvalue weighted by Gasteiger charge is 2.13. The molecule has 0 aliphatic carbocycles. The molecule has 5 nitrogen and oxygen atoms in total. The fourth-order valence-electron chi connectivity index (χ4n) is 2.16. The van der Waals surface area contributed by atoms with Gasteiger partial charge in [0, 0.05) is 0 Å². The van der Waals surface area contributed by atoms with Gasteiger partial charge in [-0.2, -0.15) is 0 Å². The van der Waals surface area contributed by atoms with Gasteiger partial charge in [0.2, 0.25) is 0 Å². The standard InChI is InChI=1S/C10H14O.C9H8O4/c1-8-3-5-10(6-4-8)7-9(2)11;1-5-6(8(10)11)3-2-4-7(5)9(12)13/h3-6,9,11H,7H2,1-2H3;2-4H,1H3,(H,10,11)(H,12,13). The van der Waals surface area contributed by atoms with Crippen LogP contribution in [0.5, 0.6) is 0 Å². The van der Waals surface area contributed by atoms with E-state index in [4.69, 9.17) is 15.3 Å². The summed E-state index contributed by atoms with van der Waals surface area (Å²) < 4.78 is 0. The van der Waals surface area contributed by atoms with Gasteiger partial charge < -0.3 is 15.3 Å². The number of aliphatic hydroxyl groups excluding tert-OH is 1. The highest BCUT2D eigenvalue weighted by molar-refractivity contribution is 5.96. The molecule has 5 heteroatoms. The van der Waals surface area contributed by atoms with Crippen LogP contribution in [-0.2, 0) is 6.42 Å². The van der Waals surface area contributed by atoms with E-state index in [1.807, 2.05) is 0 Å². The van der Waals surface area contributed by atoms with E-state index in [9.17, 15) is 9.59 Å². The highest BCUT2D eigenvalue weighted by atomic mass is 16.4. The van der Waals surface area contributed by atoms with E-state index in [-0.39, 0.29) is 22.8 Å². The Kier molecular flexibility index (Phi) is 7.14. The van der Waals surface area contributed by atoms with Crippen LogP contribution < -0.4 is 0 Å². The van der Waals surface area contributed by atoms with E-state index < -0.39 is 11.9 Å². The first-order valence-corrected chi connectivity index (χ1v) is 7.52. The number of carboxylic acid groups (broad SMARTS) is 2. The molecular weight excluding hydrogens is 308 g/mol. The van der Waals surface area contributed by atoms with Crippen molar-refractivity contribution in [2.75, 3.05) is 0 Å². The molecule has 0 spiro atoms. The van der Waals surface area contributed by atoms with E-state index in [1.54, 1.807) is 6.92 Å². The molecule has 1 unspecified atom stereocenters. The molecule has 0 fully saturated rings. The maximum atomic E-state index is 10.6. The van der Waals surface area contributed by atoms with Crippen molar-refractivity contribution < 1.29 is 24.9 Å². The number of aryl methyl sites for hydroxylation is 1. The van der Waals surface area contributed by atoms with Gasteiger partial charge in [0.05, 0.1) is 17.2 Å². The number of hydrogen-bond donors (Lipinski definition) is 3. The maximum absolute atomic E-state index is 10.6. The zero-order chi connectivity index (χ0) is 18.3. The molecule has 0 amide bonds. The van der Waals surface area contributed by atoms with E-state index >= 15 is 0 Å². The van der Waals surface area contributed by atoms with Gasteiger partial charge in [0.15, 0.2) is 0 Å². The number of hydrogen-bond acceptors (Lipinski definition) is 3. The SMILES string of the molecule is Cc1c(C(=O)O)cccc1C(=O)O.Cc1ccc(CC(C)O)cc1. The Balaban J connectivity index is 0.000000243. The quantitative estimate of drug-likeness (QED) is 0.799. The molecule has 0 aliphatic rings. The van der Waals surface area contributed by atoms with E-state index in [0.717, 1.165) is 6.42 Å². The van der Waals surface area contributed by atoms with Crippen molar-refractivity contribution in [2.24, 2.45) is 0 Å². The molecule has 0 aromatic heterocycles. The van der Waals surface area contributed by atoms with Crippen LogP contribution in [0.2, 0.25) is 0 Å². The molecule has 0 saturated carbocycles. The molecule has 0 bridgehead atoms. The summed E-state index contributed by atoms with van der Waals surface area (Å²) in [5.74, 6) is -2.22. The van der Waals surface area contributed by atoms with Crippen molar-refractivity contribution in [3.05, 3.63) is 70.3 Å². The van der Waals surface area contributed by atoms with Gasteiger partial charge in [-0.15, -0.1) is 0 Å². The Bertz CT molecular complexity index is 670. The van der Waals surface area contributed by atoms with Gasteiger partial charge in [-0.1, -0.05) is 35.9 Å². The van der Waals surface area contributed by atoms with Gasteiger partial charge in [0.1, 0.15) is 0 Å². The summed E-state index contributed by atoms with van der Waals surface area (Å²) in [6.07, 6.45) is 0.512. The van der Waals surface area contributed by atoms with Crippen LogP contribution in [0.1, 0.15) is 44.3 Å². The van der Waals surface area contributed by atoms with Crippen LogP contribution >= 0.6 is 0 Å². The second-order valence-electron chi connectivity index (χ2n) is 5.63. The Morgan fingerprint density at radius 1 is 0.917 bits per heavy atom. The third-order valence-corrected chi connectivity index (χ3v) is 3.45. The lowest BCUT2D eigenvalue weighted by Gasteiger charge is -2.03. The first-order chi connectivity index (χ1) is 11.2. The topological polar surface area (TPSA) is 94.8 Å². The Labute approximate surface area is 141 Å². The second kappa shape index (κ2) is 8.84. The van der Waals surface area contributed by atoms with Crippen LogP contribution in [0.4, 0.5) is 0 Å². The first-order valence-electron chi connectivity index (χ1n) is 7.52. The third-order valence-electron chi connectivity index (χ3n) is 3.45. The predicted octanol–water partition coefficient (Wildman–Crippen LogP) is 3.31. The summed E-state index contributed by atoms with van der Waals surface area (Å²) in [6.45, 7) is 5.35. The lowest BCUT2D eigenvalue weighted by Crippen LogP contribution is -2.06. The van der Waals surface area contributed by atoms with Gasteiger partial charge in [-0.05, 0) is 50.5 Å². The zero-order valence-electron chi connectivity index (χ0n) is 14.0. The molecule has 2 aromatic carbocycles. The van der Waals surface area contributed by atoms with E-state index in [0.29, 0.717) is 0 Å². The van der Waals surface area contributed by atoms with Gasteiger partial charge in [-0.25, -0.2) is 9.59 Å². The van der Waals surface area contributed by atoms with Gasteiger partial charge in [0.25, 0.3) is 0 Å². The number of aromatic carboxylic acids is 2. The molecule has 2 rings (SSSR count). The summed E-state index contributed by atoms with van der Waals surface area (Å²) in [6, 6.07) is 12.4. The maximum Gasteiger partial charge on any atom is 0.335 e. The summed E-state index contributed by atoms with van der Waals surface area (Å²) >= 11 is 0. The van der Waals surface area contributed by atoms with Crippen LogP contribution in [0, 0.1) is 13.8 Å². The van der Waals surface area contributed by atoms with Crippen molar-refractivity contribution in [1.82, 2.24) is 0 Å². The van der Waals surface area contributed by atoms with Crippen LogP contribution in [-0.4, -0.2) is 33.4 Å². The van der Waals surface area contributed by atoms with Crippen LogP contribution in [0.25, 0.3) is 0 Å². The fraction of sp³-hybridized carbons (Fsp3) is 0.263. The molecular formula is C19H22O5. The average molecular weight is 330 g/mol. The van der Waals surface area contributed by atoms with Crippen molar-refractivity contribution >= 4 is 11.9 Å².